The molecule has 22 heavy (non-hydrogen) atoms. The Kier molecular flexibility index (Phi) is 16.2. The van der Waals surface area contributed by atoms with E-state index in [2.05, 4.69) is 11.7 Å². The van der Waals surface area contributed by atoms with Gasteiger partial charge in [0.15, 0.2) is 5.75 Å². The van der Waals surface area contributed by atoms with Gasteiger partial charge in [-0.25, -0.2) is 0 Å². The fraction of sp³-hybridized carbons (Fsp3) is 0.857. The molecule has 6 nitrogen and oxygen atoms in total. The third-order valence-corrected chi connectivity index (χ3v) is 3.61. The van der Waals surface area contributed by atoms with Crippen molar-refractivity contribution in [2.75, 3.05) is 5.75 Å². The van der Waals surface area contributed by atoms with Crippen molar-refractivity contribution in [3.63, 3.8) is 0 Å². The zero-order valence-electron chi connectivity index (χ0n) is 12.7. The summed E-state index contributed by atoms with van der Waals surface area (Å²) in [5.74, 6) is -3.17. The maximum atomic E-state index is 11.2. The number of unbranched alkanes of at least 4 members (excludes halogenated alkanes) is 8. The molecule has 0 aromatic rings. The molecular formula is C14H27NaO6S. The van der Waals surface area contributed by atoms with Crippen molar-refractivity contribution in [3.05, 3.63) is 0 Å². The van der Waals surface area contributed by atoms with Crippen LogP contribution in [0.2, 0.25) is 0 Å². The molecule has 0 atom stereocenters. The van der Waals surface area contributed by atoms with E-state index in [9.17, 15) is 18.0 Å². The minimum atomic E-state index is -4.44. The van der Waals surface area contributed by atoms with E-state index < -0.39 is 27.8 Å². The van der Waals surface area contributed by atoms with E-state index in [0.717, 1.165) is 19.3 Å². The molecule has 0 spiro atoms. The molecule has 0 aromatic carbocycles. The second-order valence-corrected chi connectivity index (χ2v) is 6.60. The molecule has 1 N–H and O–H groups in total. The van der Waals surface area contributed by atoms with Gasteiger partial charge in [0.2, 0.25) is 0 Å². The molecule has 0 heterocycles. The van der Waals surface area contributed by atoms with Gasteiger partial charge in [-0.3, -0.25) is 14.1 Å². The molecular weight excluding hydrogens is 319 g/mol. The zero-order valence-corrected chi connectivity index (χ0v) is 13.5. The normalized spacial score (nSPS) is 10.8. The second-order valence-electron chi connectivity index (χ2n) is 5.15. The summed E-state index contributed by atoms with van der Waals surface area (Å²) in [5.41, 5.74) is 0. The summed E-state index contributed by atoms with van der Waals surface area (Å²) in [6, 6.07) is 0. The third kappa shape index (κ3) is 18.1. The first kappa shape index (κ1) is 24.3. The number of ether oxygens (including phenoxy) is 1. The summed E-state index contributed by atoms with van der Waals surface area (Å²) in [4.78, 5) is 22.2. The Labute approximate surface area is 155 Å². The summed E-state index contributed by atoms with van der Waals surface area (Å²) < 4.78 is 33.5. The molecule has 0 amide bonds. The molecule has 0 fully saturated rings. The van der Waals surface area contributed by atoms with Crippen LogP contribution in [0.25, 0.3) is 0 Å². The van der Waals surface area contributed by atoms with Crippen LogP contribution in [0.4, 0.5) is 0 Å². The molecule has 0 radical (unpaired) electrons. The number of carbonyl (C=O) groups is 2. The Morgan fingerprint density at radius 1 is 0.864 bits per heavy atom. The summed E-state index contributed by atoms with van der Waals surface area (Å²) >= 11 is 0. The first-order valence-corrected chi connectivity index (χ1v) is 9.14. The Hall–Kier alpha value is 0.0500. The Balaban J connectivity index is 0. The van der Waals surface area contributed by atoms with Crippen LogP contribution < -0.4 is 0 Å². The molecule has 0 unspecified atom stereocenters. The van der Waals surface area contributed by atoms with Crippen molar-refractivity contribution in [2.24, 2.45) is 0 Å². The molecule has 0 bridgehead atoms. The van der Waals surface area contributed by atoms with Gasteiger partial charge in [0.25, 0.3) is 10.1 Å². The van der Waals surface area contributed by atoms with Crippen LogP contribution in [0, 0.1) is 0 Å². The van der Waals surface area contributed by atoms with E-state index in [1.165, 1.54) is 32.1 Å². The quantitative estimate of drug-likeness (QED) is 0.191. The number of esters is 2. The van der Waals surface area contributed by atoms with Crippen LogP contribution >= 0.6 is 0 Å². The van der Waals surface area contributed by atoms with Crippen molar-refractivity contribution in [3.8, 4) is 0 Å². The standard InChI is InChI=1S/C14H26O6S.Na.H/c1-2-3-4-5-6-7-8-9-10-11-13(15)20-14(16)12-21(17,18)19;;/h2-12H2,1H3,(H,17,18,19);;. The van der Waals surface area contributed by atoms with Crippen LogP contribution in [-0.2, 0) is 24.4 Å². The first-order valence-electron chi connectivity index (χ1n) is 7.54. The average Bonchev–Trinajstić information content (AvgIpc) is 2.34. The van der Waals surface area contributed by atoms with Crippen LogP contribution in [0.3, 0.4) is 0 Å². The van der Waals surface area contributed by atoms with Gasteiger partial charge < -0.3 is 4.74 Å². The monoisotopic (exact) mass is 346 g/mol. The maximum absolute atomic E-state index is 11.2. The van der Waals surface area contributed by atoms with E-state index in [4.69, 9.17) is 4.55 Å². The van der Waals surface area contributed by atoms with Gasteiger partial charge in [-0.2, -0.15) is 8.42 Å². The molecule has 0 aliphatic carbocycles. The van der Waals surface area contributed by atoms with Gasteiger partial charge in [0.1, 0.15) is 0 Å². The van der Waals surface area contributed by atoms with Gasteiger partial charge in [-0.15, -0.1) is 0 Å². The summed E-state index contributed by atoms with van der Waals surface area (Å²) in [5, 5.41) is 0. The van der Waals surface area contributed by atoms with Gasteiger partial charge in [-0.1, -0.05) is 58.3 Å². The van der Waals surface area contributed by atoms with Crippen molar-refractivity contribution in [1.82, 2.24) is 0 Å². The summed E-state index contributed by atoms with van der Waals surface area (Å²) in [6.07, 6.45) is 10.0. The number of carbonyl (C=O) groups excluding carboxylic acids is 2. The van der Waals surface area contributed by atoms with Crippen molar-refractivity contribution in [2.45, 2.75) is 71.1 Å². The molecule has 0 aromatic heterocycles. The topological polar surface area (TPSA) is 97.7 Å². The fourth-order valence-electron chi connectivity index (χ4n) is 1.94. The second kappa shape index (κ2) is 14.6. The van der Waals surface area contributed by atoms with Crippen LogP contribution in [-0.4, -0.2) is 60.2 Å². The SMILES string of the molecule is CCCCCCCCCCCC(=O)OC(=O)CS(=O)(=O)O.[NaH]. The Morgan fingerprint density at radius 2 is 1.32 bits per heavy atom. The van der Waals surface area contributed by atoms with E-state index in [0.29, 0.717) is 6.42 Å². The average molecular weight is 346 g/mol. The van der Waals surface area contributed by atoms with Crippen molar-refractivity contribution >= 4 is 51.6 Å². The van der Waals surface area contributed by atoms with E-state index >= 15 is 0 Å². The minimum absolute atomic E-state index is 0. The fourth-order valence-corrected chi connectivity index (χ4v) is 2.29. The molecule has 0 saturated heterocycles. The van der Waals surface area contributed by atoms with Gasteiger partial charge >= 0.3 is 41.5 Å². The van der Waals surface area contributed by atoms with Crippen LogP contribution in [0.5, 0.6) is 0 Å². The number of hydrogen-bond donors (Lipinski definition) is 1. The predicted molar refractivity (Wildman–Crippen MR) is 86.5 cm³/mol. The predicted octanol–water partition coefficient (Wildman–Crippen LogP) is 2.22. The zero-order chi connectivity index (χ0) is 16.1. The summed E-state index contributed by atoms with van der Waals surface area (Å²) in [7, 11) is -4.44. The van der Waals surface area contributed by atoms with Crippen LogP contribution in [0.1, 0.15) is 71.1 Å². The summed E-state index contributed by atoms with van der Waals surface area (Å²) in [6.45, 7) is 2.18. The number of rotatable bonds is 12. The molecule has 0 aliphatic rings. The molecule has 0 saturated carbocycles. The van der Waals surface area contributed by atoms with E-state index in [-0.39, 0.29) is 36.0 Å². The molecule has 0 aliphatic heterocycles. The first-order chi connectivity index (χ1) is 9.85. The Morgan fingerprint density at radius 3 is 1.77 bits per heavy atom. The van der Waals surface area contributed by atoms with Crippen molar-refractivity contribution in [1.29, 1.82) is 0 Å². The van der Waals surface area contributed by atoms with Crippen LogP contribution in [0.15, 0.2) is 0 Å². The Bertz CT molecular complexity index is 408. The molecule has 0 rings (SSSR count). The third-order valence-electron chi connectivity index (χ3n) is 3.01. The van der Waals surface area contributed by atoms with Gasteiger partial charge in [0.05, 0.1) is 0 Å². The van der Waals surface area contributed by atoms with Gasteiger partial charge in [-0.05, 0) is 6.42 Å². The van der Waals surface area contributed by atoms with E-state index in [1.807, 2.05) is 0 Å². The van der Waals surface area contributed by atoms with E-state index in [1.54, 1.807) is 0 Å². The van der Waals surface area contributed by atoms with Crippen molar-refractivity contribution < 1.29 is 27.3 Å². The van der Waals surface area contributed by atoms with Gasteiger partial charge in [0, 0.05) is 6.42 Å². The molecule has 8 heteroatoms. The molecule has 126 valence electrons. The number of hydrogen-bond acceptors (Lipinski definition) is 5.